The molecule has 0 aliphatic carbocycles. The van der Waals surface area contributed by atoms with Crippen LogP contribution in [0.3, 0.4) is 0 Å². The lowest BCUT2D eigenvalue weighted by molar-refractivity contribution is -0.122. The zero-order valence-corrected chi connectivity index (χ0v) is 9.04. The van der Waals surface area contributed by atoms with Crippen LogP contribution in [0.25, 0.3) is 0 Å². The molecule has 4 nitrogen and oxygen atoms in total. The first-order valence-corrected chi connectivity index (χ1v) is 4.75. The van der Waals surface area contributed by atoms with Gasteiger partial charge in [-0.3, -0.25) is 4.79 Å². The number of hydrogen-bond donors (Lipinski definition) is 1. The molecule has 0 aliphatic heterocycles. The molecule has 1 N–H and O–H groups in total. The molecule has 0 saturated heterocycles. The van der Waals surface area contributed by atoms with Gasteiger partial charge >= 0.3 is 0 Å². The van der Waals surface area contributed by atoms with Gasteiger partial charge < -0.3 is 10.1 Å². The van der Waals surface area contributed by atoms with Crippen molar-refractivity contribution in [3.63, 3.8) is 0 Å². The summed E-state index contributed by atoms with van der Waals surface area (Å²) >= 11 is 0. The highest BCUT2D eigenvalue weighted by molar-refractivity contribution is 5.76. The fraction of sp³-hybridized carbons (Fsp3) is 0.800. The van der Waals surface area contributed by atoms with Gasteiger partial charge in [0.05, 0.1) is 12.0 Å². The third-order valence-corrected chi connectivity index (χ3v) is 1.81. The van der Waals surface area contributed by atoms with Crippen molar-refractivity contribution < 1.29 is 9.53 Å². The molecular formula is C10H18N2O2. The number of carbonyl (C=O) groups excluding carboxylic acids is 1. The first kappa shape index (κ1) is 12.9. The van der Waals surface area contributed by atoms with E-state index in [2.05, 4.69) is 11.4 Å². The number of methoxy groups -OCH3 is 1. The lowest BCUT2D eigenvalue weighted by atomic mass is 10.1. The summed E-state index contributed by atoms with van der Waals surface area (Å²) in [7, 11) is 1.62. The second-order valence-corrected chi connectivity index (χ2v) is 3.60. The molecule has 0 aromatic heterocycles. The molecule has 0 radical (unpaired) electrons. The van der Waals surface area contributed by atoms with Crippen molar-refractivity contribution in [1.29, 1.82) is 5.26 Å². The number of amides is 1. The maximum Gasteiger partial charge on any atom is 0.220 e. The summed E-state index contributed by atoms with van der Waals surface area (Å²) in [6, 6.07) is 2.06. The zero-order chi connectivity index (χ0) is 11.0. The standard InChI is InChI=1S/C10H18N2O2/c1-8(7-14-3)4-10(13)12-6-9(2)5-11/h8-9H,4,6-7H2,1-3H3,(H,12,13). The quantitative estimate of drug-likeness (QED) is 0.690. The normalized spacial score (nSPS) is 14.1. The van der Waals surface area contributed by atoms with Gasteiger partial charge in [-0.05, 0) is 12.8 Å². The van der Waals surface area contributed by atoms with E-state index < -0.39 is 0 Å². The number of carbonyl (C=O) groups is 1. The molecule has 1 amide bonds. The molecule has 0 saturated carbocycles. The Balaban J connectivity index is 3.61. The number of rotatable bonds is 6. The van der Waals surface area contributed by atoms with Crippen molar-refractivity contribution >= 4 is 5.91 Å². The molecule has 0 spiro atoms. The van der Waals surface area contributed by atoms with E-state index in [1.807, 2.05) is 6.92 Å². The van der Waals surface area contributed by atoms with E-state index in [1.165, 1.54) is 0 Å². The first-order chi connectivity index (χ1) is 6.60. The van der Waals surface area contributed by atoms with E-state index in [4.69, 9.17) is 10.00 Å². The Morgan fingerprint density at radius 1 is 1.57 bits per heavy atom. The second kappa shape index (κ2) is 7.34. The molecule has 0 heterocycles. The Labute approximate surface area is 85.2 Å². The molecule has 80 valence electrons. The zero-order valence-electron chi connectivity index (χ0n) is 9.04. The molecule has 0 aliphatic rings. The van der Waals surface area contributed by atoms with Crippen LogP contribution in [0.15, 0.2) is 0 Å². The minimum Gasteiger partial charge on any atom is -0.384 e. The van der Waals surface area contributed by atoms with Crippen LogP contribution in [-0.4, -0.2) is 26.2 Å². The molecule has 4 heteroatoms. The summed E-state index contributed by atoms with van der Waals surface area (Å²) in [4.78, 5) is 11.3. The summed E-state index contributed by atoms with van der Waals surface area (Å²) < 4.78 is 4.92. The molecule has 2 atom stereocenters. The minimum atomic E-state index is -0.128. The Morgan fingerprint density at radius 3 is 2.71 bits per heavy atom. The van der Waals surface area contributed by atoms with Crippen LogP contribution in [0.4, 0.5) is 0 Å². The van der Waals surface area contributed by atoms with Crippen molar-refractivity contribution in [3.05, 3.63) is 0 Å². The predicted molar refractivity (Wildman–Crippen MR) is 53.4 cm³/mol. The maximum atomic E-state index is 11.3. The molecule has 0 aromatic carbocycles. The third kappa shape index (κ3) is 6.44. The fourth-order valence-corrected chi connectivity index (χ4v) is 1.04. The fourth-order valence-electron chi connectivity index (χ4n) is 1.04. The second-order valence-electron chi connectivity index (χ2n) is 3.60. The minimum absolute atomic E-state index is 0.0170. The van der Waals surface area contributed by atoms with E-state index in [1.54, 1.807) is 14.0 Å². The lowest BCUT2D eigenvalue weighted by Crippen LogP contribution is -2.29. The average Bonchev–Trinajstić information content (AvgIpc) is 2.14. The van der Waals surface area contributed by atoms with E-state index >= 15 is 0 Å². The molecular weight excluding hydrogens is 180 g/mol. The van der Waals surface area contributed by atoms with Gasteiger partial charge in [-0.25, -0.2) is 0 Å². The van der Waals surface area contributed by atoms with Gasteiger partial charge in [-0.15, -0.1) is 0 Å². The number of nitrogens with zero attached hydrogens (tertiary/aromatic N) is 1. The van der Waals surface area contributed by atoms with E-state index in [0.29, 0.717) is 19.6 Å². The van der Waals surface area contributed by atoms with Crippen molar-refractivity contribution in [2.45, 2.75) is 20.3 Å². The van der Waals surface area contributed by atoms with E-state index in [0.717, 1.165) is 0 Å². The highest BCUT2D eigenvalue weighted by Gasteiger charge is 2.09. The Morgan fingerprint density at radius 2 is 2.21 bits per heavy atom. The van der Waals surface area contributed by atoms with Gasteiger partial charge in [0.15, 0.2) is 0 Å². The number of nitrogens with one attached hydrogen (secondary N) is 1. The Kier molecular flexibility index (Phi) is 6.77. The smallest absolute Gasteiger partial charge is 0.220 e. The SMILES string of the molecule is COCC(C)CC(=O)NCC(C)C#N. The summed E-state index contributed by atoms with van der Waals surface area (Å²) in [5.74, 6) is 0.0747. The van der Waals surface area contributed by atoms with Crippen LogP contribution in [0.5, 0.6) is 0 Å². The maximum absolute atomic E-state index is 11.3. The van der Waals surface area contributed by atoms with Crippen LogP contribution >= 0.6 is 0 Å². The summed E-state index contributed by atoms with van der Waals surface area (Å²) in [6.45, 7) is 4.74. The number of nitriles is 1. The Hall–Kier alpha value is -1.08. The highest BCUT2D eigenvalue weighted by Crippen LogP contribution is 2.01. The highest BCUT2D eigenvalue weighted by atomic mass is 16.5. The molecule has 0 rings (SSSR count). The average molecular weight is 198 g/mol. The first-order valence-electron chi connectivity index (χ1n) is 4.75. The summed E-state index contributed by atoms with van der Waals surface area (Å²) in [5, 5.41) is 11.2. The van der Waals surface area contributed by atoms with Gasteiger partial charge in [0.1, 0.15) is 0 Å². The number of hydrogen-bond acceptors (Lipinski definition) is 3. The largest absolute Gasteiger partial charge is 0.384 e. The molecule has 0 fully saturated rings. The van der Waals surface area contributed by atoms with Crippen LogP contribution in [0.2, 0.25) is 0 Å². The number of ether oxygens (including phenoxy) is 1. The van der Waals surface area contributed by atoms with Crippen molar-refractivity contribution in [2.75, 3.05) is 20.3 Å². The predicted octanol–water partition coefficient (Wildman–Crippen LogP) is 0.935. The molecule has 2 unspecified atom stereocenters. The lowest BCUT2D eigenvalue weighted by Gasteiger charge is -2.10. The molecule has 0 bridgehead atoms. The van der Waals surface area contributed by atoms with Gasteiger partial charge in [-0.2, -0.15) is 5.26 Å². The summed E-state index contributed by atoms with van der Waals surface area (Å²) in [6.07, 6.45) is 0.450. The van der Waals surface area contributed by atoms with Crippen LogP contribution in [0.1, 0.15) is 20.3 Å². The van der Waals surface area contributed by atoms with Gasteiger partial charge in [-0.1, -0.05) is 6.92 Å². The molecule has 14 heavy (non-hydrogen) atoms. The van der Waals surface area contributed by atoms with Gasteiger partial charge in [0.25, 0.3) is 0 Å². The van der Waals surface area contributed by atoms with Crippen LogP contribution < -0.4 is 5.32 Å². The van der Waals surface area contributed by atoms with E-state index in [-0.39, 0.29) is 17.7 Å². The topological polar surface area (TPSA) is 62.1 Å². The van der Waals surface area contributed by atoms with Crippen molar-refractivity contribution in [3.8, 4) is 6.07 Å². The van der Waals surface area contributed by atoms with Crippen molar-refractivity contribution in [2.24, 2.45) is 11.8 Å². The van der Waals surface area contributed by atoms with Crippen LogP contribution in [-0.2, 0) is 9.53 Å². The Bertz CT molecular complexity index is 211. The van der Waals surface area contributed by atoms with Gasteiger partial charge in [0, 0.05) is 26.7 Å². The van der Waals surface area contributed by atoms with Crippen LogP contribution in [0, 0.1) is 23.2 Å². The monoisotopic (exact) mass is 198 g/mol. The third-order valence-electron chi connectivity index (χ3n) is 1.81. The van der Waals surface area contributed by atoms with E-state index in [9.17, 15) is 4.79 Å². The van der Waals surface area contributed by atoms with Gasteiger partial charge in [0.2, 0.25) is 5.91 Å². The molecule has 0 aromatic rings. The summed E-state index contributed by atoms with van der Waals surface area (Å²) in [5.41, 5.74) is 0. The van der Waals surface area contributed by atoms with Crippen molar-refractivity contribution in [1.82, 2.24) is 5.32 Å².